The minimum Gasteiger partial charge on any atom is -0.208 e. The molecular formula is C51H33N3. The van der Waals surface area contributed by atoms with Crippen LogP contribution in [-0.4, -0.2) is 15.0 Å². The second-order valence-electron chi connectivity index (χ2n) is 13.5. The summed E-state index contributed by atoms with van der Waals surface area (Å²) in [4.78, 5) is 15.5. The van der Waals surface area contributed by atoms with Gasteiger partial charge in [-0.25, -0.2) is 15.0 Å². The van der Waals surface area contributed by atoms with Crippen LogP contribution in [0.3, 0.4) is 0 Å². The van der Waals surface area contributed by atoms with Crippen LogP contribution in [0.1, 0.15) is 0 Å². The third-order valence-corrected chi connectivity index (χ3v) is 10.3. The van der Waals surface area contributed by atoms with Gasteiger partial charge in [-0.3, -0.25) is 0 Å². The smallest absolute Gasteiger partial charge is 0.164 e. The van der Waals surface area contributed by atoms with Gasteiger partial charge in [-0.15, -0.1) is 0 Å². The predicted molar refractivity (Wildman–Crippen MR) is 225 cm³/mol. The van der Waals surface area contributed by atoms with Crippen molar-refractivity contribution < 1.29 is 0 Å². The lowest BCUT2D eigenvalue weighted by atomic mass is 9.84. The van der Waals surface area contributed by atoms with E-state index in [1.54, 1.807) is 0 Å². The fourth-order valence-corrected chi connectivity index (χ4v) is 7.93. The SMILES string of the molecule is c1ccc(-c2nc(-c3ccccc3-c3ccccc3)nc(-c3ccc(-c4c5ccccc5c(-c5ccccc5)c5ccccc45)c4ccccc34)n2)cc1. The summed E-state index contributed by atoms with van der Waals surface area (Å²) in [6.45, 7) is 0. The van der Waals surface area contributed by atoms with Crippen molar-refractivity contribution in [3.8, 4) is 67.5 Å². The molecule has 0 amide bonds. The van der Waals surface area contributed by atoms with Gasteiger partial charge in [0.2, 0.25) is 0 Å². The lowest BCUT2D eigenvalue weighted by molar-refractivity contribution is 1.08. The van der Waals surface area contributed by atoms with E-state index in [4.69, 9.17) is 15.0 Å². The molecule has 0 aliphatic rings. The molecule has 0 unspecified atom stereocenters. The fraction of sp³-hybridized carbons (Fsp3) is 0. The van der Waals surface area contributed by atoms with E-state index in [0.717, 1.165) is 38.6 Å². The van der Waals surface area contributed by atoms with E-state index in [-0.39, 0.29) is 0 Å². The molecule has 0 atom stereocenters. The van der Waals surface area contributed by atoms with E-state index in [1.165, 1.54) is 43.8 Å². The number of benzene rings is 9. The molecular weight excluding hydrogens is 655 g/mol. The maximum absolute atomic E-state index is 5.26. The van der Waals surface area contributed by atoms with Crippen molar-refractivity contribution in [2.75, 3.05) is 0 Å². The van der Waals surface area contributed by atoms with Crippen LogP contribution in [0.5, 0.6) is 0 Å². The fourth-order valence-electron chi connectivity index (χ4n) is 7.93. The first kappa shape index (κ1) is 31.5. The van der Waals surface area contributed by atoms with Gasteiger partial charge in [0, 0.05) is 16.7 Å². The average Bonchev–Trinajstić information content (AvgIpc) is 3.26. The Morgan fingerprint density at radius 3 is 1.15 bits per heavy atom. The second-order valence-corrected chi connectivity index (χ2v) is 13.5. The van der Waals surface area contributed by atoms with Gasteiger partial charge in [0.05, 0.1) is 0 Å². The average molecular weight is 688 g/mol. The van der Waals surface area contributed by atoms with Crippen LogP contribution < -0.4 is 0 Å². The molecule has 0 aliphatic carbocycles. The molecule has 1 heterocycles. The van der Waals surface area contributed by atoms with Gasteiger partial charge in [-0.05, 0) is 71.8 Å². The molecule has 0 spiro atoms. The van der Waals surface area contributed by atoms with E-state index < -0.39 is 0 Å². The molecule has 0 saturated carbocycles. The molecule has 0 radical (unpaired) electrons. The molecule has 0 aliphatic heterocycles. The van der Waals surface area contributed by atoms with Crippen LogP contribution in [0.25, 0.3) is 99.9 Å². The molecule has 10 rings (SSSR count). The van der Waals surface area contributed by atoms with Crippen molar-refractivity contribution >= 4 is 32.3 Å². The number of rotatable bonds is 6. The van der Waals surface area contributed by atoms with Crippen LogP contribution in [0.4, 0.5) is 0 Å². The summed E-state index contributed by atoms with van der Waals surface area (Å²) in [7, 11) is 0. The zero-order valence-corrected chi connectivity index (χ0v) is 29.4. The van der Waals surface area contributed by atoms with Gasteiger partial charge in [0.25, 0.3) is 0 Å². The van der Waals surface area contributed by atoms with Crippen LogP contribution in [0, 0.1) is 0 Å². The Morgan fingerprint density at radius 2 is 0.574 bits per heavy atom. The number of nitrogens with zero attached hydrogens (tertiary/aromatic N) is 3. The van der Waals surface area contributed by atoms with E-state index in [2.05, 4.69) is 176 Å². The highest BCUT2D eigenvalue weighted by Gasteiger charge is 2.21. The van der Waals surface area contributed by atoms with Gasteiger partial charge >= 0.3 is 0 Å². The Balaban J connectivity index is 1.23. The lowest BCUT2D eigenvalue weighted by Crippen LogP contribution is -2.01. The Kier molecular flexibility index (Phi) is 7.81. The first-order valence-corrected chi connectivity index (χ1v) is 18.3. The summed E-state index contributed by atoms with van der Waals surface area (Å²) < 4.78 is 0. The van der Waals surface area contributed by atoms with E-state index in [0.29, 0.717) is 17.5 Å². The zero-order chi connectivity index (χ0) is 35.8. The Morgan fingerprint density at radius 1 is 0.204 bits per heavy atom. The summed E-state index contributed by atoms with van der Waals surface area (Å²) in [5.74, 6) is 1.92. The zero-order valence-electron chi connectivity index (χ0n) is 29.4. The van der Waals surface area contributed by atoms with Crippen molar-refractivity contribution in [1.29, 1.82) is 0 Å². The lowest BCUT2D eigenvalue weighted by Gasteiger charge is -2.19. The summed E-state index contributed by atoms with van der Waals surface area (Å²) >= 11 is 0. The van der Waals surface area contributed by atoms with Gasteiger partial charge in [0.15, 0.2) is 17.5 Å². The third kappa shape index (κ3) is 5.42. The van der Waals surface area contributed by atoms with Gasteiger partial charge in [-0.2, -0.15) is 0 Å². The second kappa shape index (κ2) is 13.4. The van der Waals surface area contributed by atoms with Crippen LogP contribution in [0.15, 0.2) is 200 Å². The Hall–Kier alpha value is -7.23. The monoisotopic (exact) mass is 687 g/mol. The number of hydrogen-bond donors (Lipinski definition) is 0. The molecule has 0 fully saturated rings. The standard InChI is InChI=1S/C51H33N3/c1-4-18-34(19-5-1)37-24-10-17-31-45(37)50-52-49(36-22-8-3-9-23-36)53-51(54-50)46-33-32-44(38-25-11-12-26-39(38)46)48-42-29-15-13-27-40(42)47(35-20-6-2-7-21-35)41-28-14-16-30-43(41)48/h1-33H. The first-order valence-electron chi connectivity index (χ1n) is 18.3. The molecule has 3 heteroatoms. The number of fused-ring (bicyclic) bond motifs is 3. The van der Waals surface area contributed by atoms with Crippen molar-refractivity contribution in [2.45, 2.75) is 0 Å². The number of hydrogen-bond acceptors (Lipinski definition) is 3. The van der Waals surface area contributed by atoms with Crippen molar-refractivity contribution in [2.24, 2.45) is 0 Å². The van der Waals surface area contributed by atoms with Crippen molar-refractivity contribution in [3.63, 3.8) is 0 Å². The maximum atomic E-state index is 5.26. The summed E-state index contributed by atoms with van der Waals surface area (Å²) in [5.41, 5.74) is 9.92. The molecule has 3 nitrogen and oxygen atoms in total. The number of aromatic nitrogens is 3. The molecule has 1 aromatic heterocycles. The van der Waals surface area contributed by atoms with Gasteiger partial charge in [0.1, 0.15) is 0 Å². The Labute approximate surface area is 313 Å². The molecule has 252 valence electrons. The summed E-state index contributed by atoms with van der Waals surface area (Å²) in [5, 5.41) is 7.14. The van der Waals surface area contributed by atoms with Gasteiger partial charge < -0.3 is 0 Å². The normalized spacial score (nSPS) is 11.3. The summed E-state index contributed by atoms with van der Waals surface area (Å²) in [6, 6.07) is 70.5. The minimum atomic E-state index is 0.638. The predicted octanol–water partition coefficient (Wildman–Crippen LogP) is 13.3. The topological polar surface area (TPSA) is 38.7 Å². The largest absolute Gasteiger partial charge is 0.208 e. The molecule has 54 heavy (non-hydrogen) atoms. The van der Waals surface area contributed by atoms with Crippen LogP contribution >= 0.6 is 0 Å². The minimum absolute atomic E-state index is 0.638. The van der Waals surface area contributed by atoms with E-state index >= 15 is 0 Å². The first-order chi connectivity index (χ1) is 26.8. The molecule has 0 saturated heterocycles. The molecule has 10 aromatic rings. The molecule has 9 aromatic carbocycles. The van der Waals surface area contributed by atoms with Crippen molar-refractivity contribution in [1.82, 2.24) is 15.0 Å². The summed E-state index contributed by atoms with van der Waals surface area (Å²) in [6.07, 6.45) is 0. The highest BCUT2D eigenvalue weighted by Crippen LogP contribution is 2.46. The van der Waals surface area contributed by atoms with Crippen molar-refractivity contribution in [3.05, 3.63) is 200 Å². The van der Waals surface area contributed by atoms with E-state index in [1.807, 2.05) is 24.3 Å². The third-order valence-electron chi connectivity index (χ3n) is 10.3. The Bertz CT molecular complexity index is 2920. The van der Waals surface area contributed by atoms with Crippen LogP contribution in [0.2, 0.25) is 0 Å². The maximum Gasteiger partial charge on any atom is 0.164 e. The quantitative estimate of drug-likeness (QED) is 0.163. The highest BCUT2D eigenvalue weighted by molar-refractivity contribution is 6.24. The van der Waals surface area contributed by atoms with Gasteiger partial charge in [-0.1, -0.05) is 194 Å². The van der Waals surface area contributed by atoms with Crippen LogP contribution in [-0.2, 0) is 0 Å². The highest BCUT2D eigenvalue weighted by atomic mass is 15.0. The molecule has 0 bridgehead atoms. The molecule has 0 N–H and O–H groups in total. The van der Waals surface area contributed by atoms with E-state index in [9.17, 15) is 0 Å².